The molecule has 0 aliphatic carbocycles. The van der Waals surface area contributed by atoms with Crippen molar-refractivity contribution in [2.45, 2.75) is 13.3 Å². The van der Waals surface area contributed by atoms with Crippen molar-refractivity contribution in [3.8, 4) is 0 Å². The molecule has 5 nitrogen and oxygen atoms in total. The summed E-state index contributed by atoms with van der Waals surface area (Å²) in [5, 5.41) is 5.69. The molecule has 0 aliphatic heterocycles. The van der Waals surface area contributed by atoms with Crippen molar-refractivity contribution in [1.82, 2.24) is 0 Å². The summed E-state index contributed by atoms with van der Waals surface area (Å²) >= 11 is 5.82. The fraction of sp³-hybridized carbons (Fsp3) is 0.118. The fourth-order valence-corrected chi connectivity index (χ4v) is 2.10. The Morgan fingerprint density at radius 1 is 0.913 bits per heavy atom. The molecule has 0 bridgehead atoms. The van der Waals surface area contributed by atoms with Gasteiger partial charge in [-0.2, -0.15) is 0 Å². The lowest BCUT2D eigenvalue weighted by Gasteiger charge is -2.07. The molecular formula is C17H15ClN2O3. The Labute approximate surface area is 138 Å². The third kappa shape index (κ3) is 5.23. The van der Waals surface area contributed by atoms with Crippen molar-refractivity contribution in [1.29, 1.82) is 0 Å². The van der Waals surface area contributed by atoms with E-state index in [9.17, 15) is 14.4 Å². The minimum Gasteiger partial charge on any atom is -0.326 e. The van der Waals surface area contributed by atoms with E-state index in [-0.39, 0.29) is 12.2 Å². The van der Waals surface area contributed by atoms with E-state index in [0.29, 0.717) is 22.0 Å². The van der Waals surface area contributed by atoms with Gasteiger partial charge in [-0.25, -0.2) is 0 Å². The van der Waals surface area contributed by atoms with Crippen LogP contribution in [-0.4, -0.2) is 17.6 Å². The predicted octanol–water partition coefficient (Wildman–Crippen LogP) is 3.51. The van der Waals surface area contributed by atoms with Gasteiger partial charge in [-0.05, 0) is 49.4 Å². The SMILES string of the molecule is CC(=O)c1ccc(NC(=O)CC(=O)Nc2cccc(Cl)c2)cc1. The molecule has 0 radical (unpaired) electrons. The summed E-state index contributed by atoms with van der Waals surface area (Å²) in [6, 6.07) is 13.1. The highest BCUT2D eigenvalue weighted by atomic mass is 35.5. The maximum absolute atomic E-state index is 11.8. The monoisotopic (exact) mass is 330 g/mol. The zero-order valence-corrected chi connectivity index (χ0v) is 13.2. The fourth-order valence-electron chi connectivity index (χ4n) is 1.91. The molecule has 2 N–H and O–H groups in total. The molecule has 2 rings (SSSR count). The molecule has 0 fully saturated rings. The summed E-state index contributed by atoms with van der Waals surface area (Å²) in [5.74, 6) is -0.936. The van der Waals surface area contributed by atoms with Gasteiger partial charge in [-0.3, -0.25) is 14.4 Å². The predicted molar refractivity (Wildman–Crippen MR) is 89.8 cm³/mol. The Kier molecular flexibility index (Phi) is 5.49. The van der Waals surface area contributed by atoms with Crippen LogP contribution < -0.4 is 10.6 Å². The first-order chi connectivity index (χ1) is 10.9. The Morgan fingerprint density at radius 3 is 2.09 bits per heavy atom. The second-order valence-corrected chi connectivity index (χ2v) is 5.35. The van der Waals surface area contributed by atoms with Gasteiger partial charge in [0.05, 0.1) is 0 Å². The van der Waals surface area contributed by atoms with E-state index in [4.69, 9.17) is 11.6 Å². The van der Waals surface area contributed by atoms with Crippen molar-refractivity contribution in [2.24, 2.45) is 0 Å². The quantitative estimate of drug-likeness (QED) is 0.650. The number of rotatable bonds is 5. The Balaban J connectivity index is 1.88. The summed E-state index contributed by atoms with van der Waals surface area (Å²) in [4.78, 5) is 34.8. The third-order valence-electron chi connectivity index (χ3n) is 3.00. The number of hydrogen-bond donors (Lipinski definition) is 2. The summed E-state index contributed by atoms with van der Waals surface area (Å²) in [6.45, 7) is 1.47. The first-order valence-electron chi connectivity index (χ1n) is 6.90. The first kappa shape index (κ1) is 16.7. The van der Waals surface area contributed by atoms with E-state index < -0.39 is 11.8 Å². The number of anilines is 2. The van der Waals surface area contributed by atoms with Crippen LogP contribution in [-0.2, 0) is 9.59 Å². The zero-order chi connectivity index (χ0) is 16.8. The normalized spacial score (nSPS) is 10.0. The lowest BCUT2D eigenvalue weighted by Crippen LogP contribution is -2.21. The molecule has 0 saturated carbocycles. The van der Waals surface area contributed by atoms with Gasteiger partial charge in [0, 0.05) is 22.0 Å². The standard InChI is InChI=1S/C17H15ClN2O3/c1-11(21)12-5-7-14(8-6-12)19-16(22)10-17(23)20-15-4-2-3-13(18)9-15/h2-9H,10H2,1H3,(H,19,22)(H,20,23). The molecule has 0 unspecified atom stereocenters. The first-order valence-corrected chi connectivity index (χ1v) is 7.28. The lowest BCUT2D eigenvalue weighted by molar-refractivity contribution is -0.123. The topological polar surface area (TPSA) is 75.3 Å². The van der Waals surface area contributed by atoms with Crippen LogP contribution in [0.3, 0.4) is 0 Å². The Morgan fingerprint density at radius 2 is 1.52 bits per heavy atom. The average Bonchev–Trinajstić information content (AvgIpc) is 2.47. The van der Waals surface area contributed by atoms with Crippen LogP contribution in [0.5, 0.6) is 0 Å². The molecule has 6 heteroatoms. The van der Waals surface area contributed by atoms with Gasteiger partial charge in [0.15, 0.2) is 5.78 Å². The number of hydrogen-bond acceptors (Lipinski definition) is 3. The molecule has 2 amide bonds. The van der Waals surface area contributed by atoms with Crippen molar-refractivity contribution >= 4 is 40.6 Å². The molecule has 0 heterocycles. The Bertz CT molecular complexity index is 742. The second kappa shape index (κ2) is 7.56. The van der Waals surface area contributed by atoms with E-state index in [2.05, 4.69) is 10.6 Å². The smallest absolute Gasteiger partial charge is 0.233 e. The highest BCUT2D eigenvalue weighted by molar-refractivity contribution is 6.30. The summed E-state index contributed by atoms with van der Waals surface area (Å²) in [7, 11) is 0. The van der Waals surface area contributed by atoms with Crippen molar-refractivity contribution in [2.75, 3.05) is 10.6 Å². The molecule has 0 atom stereocenters. The minimum atomic E-state index is -0.444. The van der Waals surface area contributed by atoms with Crippen LogP contribution in [0.15, 0.2) is 48.5 Å². The van der Waals surface area contributed by atoms with Crippen LogP contribution in [0.2, 0.25) is 5.02 Å². The van der Waals surface area contributed by atoms with E-state index in [1.165, 1.54) is 6.92 Å². The second-order valence-electron chi connectivity index (χ2n) is 4.92. The summed E-state index contributed by atoms with van der Waals surface area (Å²) in [5.41, 5.74) is 1.61. The van der Waals surface area contributed by atoms with Crippen molar-refractivity contribution < 1.29 is 14.4 Å². The molecule has 118 valence electrons. The number of amides is 2. The molecular weight excluding hydrogens is 316 g/mol. The van der Waals surface area contributed by atoms with Gasteiger partial charge < -0.3 is 10.6 Å². The van der Waals surface area contributed by atoms with Gasteiger partial charge in [-0.15, -0.1) is 0 Å². The maximum atomic E-state index is 11.8. The number of benzene rings is 2. The van der Waals surface area contributed by atoms with Gasteiger partial charge in [0.2, 0.25) is 11.8 Å². The number of carbonyl (C=O) groups is 3. The van der Waals surface area contributed by atoms with Crippen LogP contribution >= 0.6 is 11.6 Å². The average molecular weight is 331 g/mol. The van der Waals surface area contributed by atoms with Gasteiger partial charge in [0.1, 0.15) is 6.42 Å². The molecule has 23 heavy (non-hydrogen) atoms. The van der Waals surface area contributed by atoms with Crippen LogP contribution in [0.1, 0.15) is 23.7 Å². The van der Waals surface area contributed by atoms with E-state index >= 15 is 0 Å². The number of Topliss-reactive ketones (excluding diaryl/α,β-unsaturated/α-hetero) is 1. The highest BCUT2D eigenvalue weighted by Gasteiger charge is 2.10. The summed E-state index contributed by atoms with van der Waals surface area (Å²) in [6.07, 6.45) is -0.318. The summed E-state index contributed by atoms with van der Waals surface area (Å²) < 4.78 is 0. The van der Waals surface area contributed by atoms with Crippen LogP contribution in [0.4, 0.5) is 11.4 Å². The number of nitrogens with one attached hydrogen (secondary N) is 2. The third-order valence-corrected chi connectivity index (χ3v) is 3.24. The lowest BCUT2D eigenvalue weighted by atomic mass is 10.1. The maximum Gasteiger partial charge on any atom is 0.233 e. The van der Waals surface area contributed by atoms with Gasteiger partial charge >= 0.3 is 0 Å². The molecule has 0 spiro atoms. The van der Waals surface area contributed by atoms with E-state index in [1.807, 2.05) is 0 Å². The van der Waals surface area contributed by atoms with E-state index in [0.717, 1.165) is 0 Å². The van der Waals surface area contributed by atoms with Crippen LogP contribution in [0.25, 0.3) is 0 Å². The molecule has 2 aromatic rings. The van der Waals surface area contributed by atoms with Gasteiger partial charge in [0.25, 0.3) is 0 Å². The number of halogens is 1. The number of carbonyl (C=O) groups excluding carboxylic acids is 3. The highest BCUT2D eigenvalue weighted by Crippen LogP contribution is 2.15. The largest absolute Gasteiger partial charge is 0.326 e. The molecule has 0 saturated heterocycles. The zero-order valence-electron chi connectivity index (χ0n) is 12.4. The van der Waals surface area contributed by atoms with Crippen LogP contribution in [0, 0.1) is 0 Å². The minimum absolute atomic E-state index is 0.0521. The van der Waals surface area contributed by atoms with E-state index in [1.54, 1.807) is 48.5 Å². The van der Waals surface area contributed by atoms with Gasteiger partial charge in [-0.1, -0.05) is 17.7 Å². The molecule has 0 aliphatic rings. The van der Waals surface area contributed by atoms with Crippen molar-refractivity contribution in [3.63, 3.8) is 0 Å². The molecule has 0 aromatic heterocycles. The Hall–Kier alpha value is -2.66. The van der Waals surface area contributed by atoms with Crippen molar-refractivity contribution in [3.05, 3.63) is 59.1 Å². The molecule has 2 aromatic carbocycles. The number of ketones is 1.